The monoisotopic (exact) mass is 556 g/mol. The van der Waals surface area contributed by atoms with E-state index in [1.807, 2.05) is 0 Å². The molecule has 1 N–H and O–H groups in total. The lowest BCUT2D eigenvalue weighted by atomic mass is 9.88. The third-order valence-electron chi connectivity index (χ3n) is 5.27. The average Bonchev–Trinajstić information content (AvgIpc) is 2.75. The van der Waals surface area contributed by atoms with Crippen LogP contribution in [0.4, 0.5) is 52.7 Å². The van der Waals surface area contributed by atoms with Gasteiger partial charge in [-0.25, -0.2) is 4.79 Å². The van der Waals surface area contributed by atoms with E-state index in [2.05, 4.69) is 11.3 Å². The van der Waals surface area contributed by atoms with E-state index < -0.39 is 80.4 Å². The van der Waals surface area contributed by atoms with Crippen molar-refractivity contribution in [1.29, 1.82) is 0 Å². The van der Waals surface area contributed by atoms with Crippen LogP contribution in [-0.2, 0) is 9.53 Å². The molecule has 36 heavy (non-hydrogen) atoms. The zero-order chi connectivity index (χ0) is 28.6. The SMILES string of the molecule is C=C(CCO)C(=O)OCCCC(F)(F)C(F)(F)C(F)(F)C(F)(F)C(F)(F)C(F)(F)CCCCCCC. The van der Waals surface area contributed by atoms with Crippen molar-refractivity contribution < 1.29 is 67.3 Å². The zero-order valence-corrected chi connectivity index (χ0v) is 19.3. The van der Waals surface area contributed by atoms with Crippen LogP contribution in [0.2, 0.25) is 0 Å². The van der Waals surface area contributed by atoms with Crippen molar-refractivity contribution in [2.75, 3.05) is 13.2 Å². The summed E-state index contributed by atoms with van der Waals surface area (Å²) in [6.45, 7) is 3.14. The highest BCUT2D eigenvalue weighted by atomic mass is 19.4. The molecule has 214 valence electrons. The lowest BCUT2D eigenvalue weighted by Crippen LogP contribution is -2.70. The Morgan fingerprint density at radius 1 is 0.694 bits per heavy atom. The van der Waals surface area contributed by atoms with E-state index in [0.29, 0.717) is 12.8 Å². The van der Waals surface area contributed by atoms with Crippen molar-refractivity contribution in [3.05, 3.63) is 12.2 Å². The minimum Gasteiger partial charge on any atom is -0.462 e. The maximum absolute atomic E-state index is 13.9. The molecular formula is C21H28F12O3. The van der Waals surface area contributed by atoms with Gasteiger partial charge in [0.15, 0.2) is 0 Å². The summed E-state index contributed by atoms with van der Waals surface area (Å²) in [5.74, 6) is -42.8. The predicted octanol–water partition coefficient (Wildman–Crippen LogP) is 7.42. The number of alkyl halides is 12. The standard InChI is InChI=1S/C21H28F12O3/c1-3-4-5-6-7-10-16(22,23)18(26,27)20(30,31)21(32,33)19(28,29)17(24,25)11-8-13-36-15(35)14(2)9-12-34/h34H,2-13H2,1H3. The highest BCUT2D eigenvalue weighted by Crippen LogP contribution is 2.61. The number of esters is 1. The number of unbranched alkanes of at least 4 members (excludes halogenated alkanes) is 4. The van der Waals surface area contributed by atoms with Crippen LogP contribution in [0, 0.1) is 0 Å². The van der Waals surface area contributed by atoms with Gasteiger partial charge in [-0.15, -0.1) is 0 Å². The largest absolute Gasteiger partial charge is 0.462 e. The van der Waals surface area contributed by atoms with E-state index in [0.717, 1.165) is 0 Å². The average molecular weight is 556 g/mol. The van der Waals surface area contributed by atoms with Crippen LogP contribution < -0.4 is 0 Å². The summed E-state index contributed by atoms with van der Waals surface area (Å²) in [5.41, 5.74) is -0.366. The smallest absolute Gasteiger partial charge is 0.384 e. The van der Waals surface area contributed by atoms with Gasteiger partial charge in [0.05, 0.1) is 6.61 Å². The molecule has 0 fully saturated rings. The second-order valence-electron chi connectivity index (χ2n) is 8.19. The van der Waals surface area contributed by atoms with Gasteiger partial charge in [-0.3, -0.25) is 0 Å². The number of carbonyl (C=O) groups excluding carboxylic acids is 1. The van der Waals surface area contributed by atoms with E-state index in [1.165, 1.54) is 0 Å². The maximum Gasteiger partial charge on any atom is 0.384 e. The Labute approximate surface area is 199 Å². The van der Waals surface area contributed by atoms with Gasteiger partial charge >= 0.3 is 41.5 Å². The molecule has 0 spiro atoms. The molecule has 0 amide bonds. The van der Waals surface area contributed by atoms with Crippen molar-refractivity contribution in [3.63, 3.8) is 0 Å². The van der Waals surface area contributed by atoms with E-state index >= 15 is 0 Å². The molecular weight excluding hydrogens is 528 g/mol. The van der Waals surface area contributed by atoms with Crippen molar-refractivity contribution in [3.8, 4) is 0 Å². The van der Waals surface area contributed by atoms with E-state index in [9.17, 15) is 57.5 Å². The fraction of sp³-hybridized carbons (Fsp3) is 0.857. The van der Waals surface area contributed by atoms with Crippen molar-refractivity contribution in [1.82, 2.24) is 0 Å². The Hall–Kier alpha value is -1.67. The van der Waals surface area contributed by atoms with Crippen LogP contribution in [0.3, 0.4) is 0 Å². The van der Waals surface area contributed by atoms with Crippen LogP contribution in [0.5, 0.6) is 0 Å². The van der Waals surface area contributed by atoms with Gasteiger partial charge in [-0.05, 0) is 12.8 Å². The van der Waals surface area contributed by atoms with Gasteiger partial charge in [-0.1, -0.05) is 39.2 Å². The number of halogens is 12. The van der Waals surface area contributed by atoms with E-state index in [1.54, 1.807) is 6.92 Å². The van der Waals surface area contributed by atoms with Gasteiger partial charge in [0, 0.05) is 31.4 Å². The quantitative estimate of drug-likeness (QED) is 0.0828. The Morgan fingerprint density at radius 3 is 1.53 bits per heavy atom. The Bertz CT molecular complexity index is 723. The first-order chi connectivity index (χ1) is 16.2. The number of hydrogen-bond acceptors (Lipinski definition) is 3. The molecule has 0 saturated heterocycles. The summed E-state index contributed by atoms with van der Waals surface area (Å²) in [6.07, 6.45) is -5.79. The van der Waals surface area contributed by atoms with Crippen molar-refractivity contribution in [2.24, 2.45) is 0 Å². The number of carbonyl (C=O) groups is 1. The molecule has 0 aliphatic carbocycles. The van der Waals surface area contributed by atoms with Crippen molar-refractivity contribution in [2.45, 2.75) is 100 Å². The number of aliphatic hydroxyl groups excluding tert-OH is 1. The molecule has 0 bridgehead atoms. The summed E-state index contributed by atoms with van der Waals surface area (Å²) in [7, 11) is 0. The maximum atomic E-state index is 13.9. The summed E-state index contributed by atoms with van der Waals surface area (Å²) in [4.78, 5) is 11.3. The summed E-state index contributed by atoms with van der Waals surface area (Å²) < 4.78 is 171. The topological polar surface area (TPSA) is 46.5 Å². The molecule has 0 aliphatic heterocycles. The van der Waals surface area contributed by atoms with E-state index in [4.69, 9.17) is 5.11 Å². The first kappa shape index (κ1) is 34.3. The number of ether oxygens (including phenoxy) is 1. The first-order valence-electron chi connectivity index (χ1n) is 10.9. The molecule has 0 saturated carbocycles. The molecule has 0 aromatic rings. The molecule has 0 aromatic carbocycles. The molecule has 0 rings (SSSR count). The normalized spacial score (nSPS) is 14.2. The van der Waals surface area contributed by atoms with Crippen LogP contribution in [0.1, 0.15) is 64.7 Å². The number of aliphatic hydroxyl groups is 1. The Morgan fingerprint density at radius 2 is 1.11 bits per heavy atom. The number of hydrogen-bond donors (Lipinski definition) is 1. The zero-order valence-electron chi connectivity index (χ0n) is 19.3. The first-order valence-corrected chi connectivity index (χ1v) is 10.9. The summed E-state index contributed by atoms with van der Waals surface area (Å²) >= 11 is 0. The lowest BCUT2D eigenvalue weighted by molar-refractivity contribution is -0.425. The molecule has 0 unspecified atom stereocenters. The second-order valence-corrected chi connectivity index (χ2v) is 8.19. The molecule has 15 heteroatoms. The highest BCUT2D eigenvalue weighted by molar-refractivity contribution is 5.87. The molecule has 0 radical (unpaired) electrons. The molecule has 0 atom stereocenters. The minimum absolute atomic E-state index is 0.173. The molecule has 0 aliphatic rings. The predicted molar refractivity (Wildman–Crippen MR) is 104 cm³/mol. The fourth-order valence-corrected chi connectivity index (χ4v) is 2.92. The molecule has 3 nitrogen and oxygen atoms in total. The molecule has 0 aromatic heterocycles. The Kier molecular flexibility index (Phi) is 12.1. The number of rotatable bonds is 18. The fourth-order valence-electron chi connectivity index (χ4n) is 2.92. The minimum atomic E-state index is -7.61. The van der Waals surface area contributed by atoms with Crippen LogP contribution in [-0.4, -0.2) is 59.8 Å². The van der Waals surface area contributed by atoms with Gasteiger partial charge in [-0.2, -0.15) is 52.7 Å². The van der Waals surface area contributed by atoms with Crippen LogP contribution in [0.25, 0.3) is 0 Å². The van der Waals surface area contributed by atoms with Gasteiger partial charge < -0.3 is 9.84 Å². The van der Waals surface area contributed by atoms with E-state index in [-0.39, 0.29) is 24.8 Å². The van der Waals surface area contributed by atoms with Gasteiger partial charge in [0.2, 0.25) is 0 Å². The van der Waals surface area contributed by atoms with Gasteiger partial charge in [0.25, 0.3) is 0 Å². The van der Waals surface area contributed by atoms with Crippen molar-refractivity contribution >= 4 is 5.97 Å². The third-order valence-corrected chi connectivity index (χ3v) is 5.27. The summed E-state index contributed by atoms with van der Waals surface area (Å²) in [5, 5.41) is 8.59. The molecule has 0 heterocycles. The highest BCUT2D eigenvalue weighted by Gasteiger charge is 2.89. The van der Waals surface area contributed by atoms with Crippen LogP contribution in [0.15, 0.2) is 12.2 Å². The second kappa shape index (κ2) is 12.7. The van der Waals surface area contributed by atoms with Crippen LogP contribution >= 0.6 is 0 Å². The Balaban J connectivity index is 5.56. The van der Waals surface area contributed by atoms with Gasteiger partial charge in [0.1, 0.15) is 0 Å². The third kappa shape index (κ3) is 7.21. The summed E-state index contributed by atoms with van der Waals surface area (Å²) in [6, 6.07) is 0. The lowest BCUT2D eigenvalue weighted by Gasteiger charge is -2.41.